The summed E-state index contributed by atoms with van der Waals surface area (Å²) < 4.78 is 43.6. The van der Waals surface area contributed by atoms with Crippen molar-refractivity contribution in [1.82, 2.24) is 10.2 Å². The van der Waals surface area contributed by atoms with Crippen LogP contribution in [0.3, 0.4) is 0 Å². The molecule has 5 nitrogen and oxygen atoms in total. The Balaban J connectivity index is 1.61. The van der Waals surface area contributed by atoms with Crippen LogP contribution in [-0.4, -0.2) is 59.1 Å². The minimum absolute atomic E-state index is 0.0853. The number of amides is 1. The van der Waals surface area contributed by atoms with Crippen molar-refractivity contribution in [3.8, 4) is 0 Å². The van der Waals surface area contributed by atoms with Crippen LogP contribution in [0, 0.1) is 23.0 Å². The minimum Gasteiger partial charge on any atom is -0.382 e. The molecule has 1 amide bonds. The fraction of sp³-hybridized carbons (Fsp3) is 0.448. The van der Waals surface area contributed by atoms with E-state index in [1.54, 1.807) is 4.90 Å². The largest absolute Gasteiger partial charge is 0.382 e. The molecule has 8 heteroatoms. The summed E-state index contributed by atoms with van der Waals surface area (Å²) in [4.78, 5) is 19.9. The van der Waals surface area contributed by atoms with Crippen LogP contribution in [0.2, 0.25) is 0 Å². The molecular formula is C29H32F3N3O2. The van der Waals surface area contributed by atoms with Crippen molar-refractivity contribution < 1.29 is 23.1 Å². The molecule has 3 heterocycles. The van der Waals surface area contributed by atoms with E-state index in [1.165, 1.54) is 0 Å². The summed E-state index contributed by atoms with van der Waals surface area (Å²) in [6.07, 6.45) is -1.75. The van der Waals surface area contributed by atoms with Gasteiger partial charge in [-0.1, -0.05) is 51.1 Å². The molecule has 0 saturated carbocycles. The van der Waals surface area contributed by atoms with Gasteiger partial charge in [-0.25, -0.2) is 13.2 Å². The van der Waals surface area contributed by atoms with Gasteiger partial charge in [0.15, 0.2) is 0 Å². The Hall–Kier alpha value is -2.97. The molecule has 3 aliphatic rings. The molecule has 0 aliphatic carbocycles. The second-order valence-electron chi connectivity index (χ2n) is 11.3. The first-order valence-electron chi connectivity index (χ1n) is 12.7. The standard InChI is InChI=1S/C29H32F3N3O2/c1-29(2,3)27(35-15-20-22(32)14-33-25(20)26(36)28(35)37)24-17(11-16-7-5-4-6-8-16)12-23(34-24)19-13-18(30)9-10-21(19)31/h4-10,13,20,22,25-27,33,36H,11-12,14-15H2,1-3H3/t20-,22-,25?,26-,27-/m0/s1. The average Bonchev–Trinajstić information content (AvgIpc) is 3.42. The fourth-order valence-corrected chi connectivity index (χ4v) is 5.93. The van der Waals surface area contributed by atoms with Crippen LogP contribution >= 0.6 is 0 Å². The minimum atomic E-state index is -1.37. The molecule has 0 aromatic heterocycles. The predicted molar refractivity (Wildman–Crippen MR) is 136 cm³/mol. The van der Waals surface area contributed by atoms with Crippen molar-refractivity contribution in [2.24, 2.45) is 16.3 Å². The van der Waals surface area contributed by atoms with Crippen LogP contribution in [0.4, 0.5) is 13.2 Å². The van der Waals surface area contributed by atoms with Crippen molar-refractivity contribution in [3.63, 3.8) is 0 Å². The van der Waals surface area contributed by atoms with Gasteiger partial charge in [0.1, 0.15) is 23.9 Å². The van der Waals surface area contributed by atoms with Crippen LogP contribution in [0.1, 0.15) is 38.3 Å². The summed E-state index contributed by atoms with van der Waals surface area (Å²) in [7, 11) is 0. The first kappa shape index (κ1) is 25.7. The van der Waals surface area contributed by atoms with E-state index in [9.17, 15) is 23.1 Å². The Kier molecular flexibility index (Phi) is 6.75. The fourth-order valence-electron chi connectivity index (χ4n) is 5.93. The van der Waals surface area contributed by atoms with E-state index in [1.807, 2.05) is 51.1 Å². The highest BCUT2D eigenvalue weighted by atomic mass is 19.1. The number of benzene rings is 2. The lowest BCUT2D eigenvalue weighted by atomic mass is 9.79. The number of aliphatic imine (C=N–C) groups is 1. The Morgan fingerprint density at radius 3 is 2.59 bits per heavy atom. The summed E-state index contributed by atoms with van der Waals surface area (Å²) >= 11 is 0. The van der Waals surface area contributed by atoms with Crippen molar-refractivity contribution in [2.75, 3.05) is 13.1 Å². The monoisotopic (exact) mass is 511 g/mol. The van der Waals surface area contributed by atoms with E-state index in [4.69, 9.17) is 4.99 Å². The highest BCUT2D eigenvalue weighted by Gasteiger charge is 2.52. The van der Waals surface area contributed by atoms with E-state index >= 15 is 0 Å². The molecule has 2 aromatic carbocycles. The number of hydrogen-bond donors (Lipinski definition) is 2. The zero-order valence-electron chi connectivity index (χ0n) is 21.2. The molecule has 5 rings (SSSR count). The number of nitrogens with one attached hydrogen (secondary N) is 1. The van der Waals surface area contributed by atoms with Crippen LogP contribution in [-0.2, 0) is 11.2 Å². The topological polar surface area (TPSA) is 64.9 Å². The highest BCUT2D eigenvalue weighted by Crippen LogP contribution is 2.41. The lowest BCUT2D eigenvalue weighted by molar-refractivity contribution is -0.153. The molecule has 3 aliphatic heterocycles. The maximum Gasteiger partial charge on any atom is 0.253 e. The molecule has 5 atom stereocenters. The molecule has 2 fully saturated rings. The molecule has 0 bridgehead atoms. The number of hydrogen-bond acceptors (Lipinski definition) is 4. The summed E-state index contributed by atoms with van der Waals surface area (Å²) in [6.45, 7) is 6.13. The van der Waals surface area contributed by atoms with Crippen LogP contribution in [0.15, 0.2) is 64.8 Å². The molecular weight excluding hydrogens is 479 g/mol. The molecule has 1 unspecified atom stereocenters. The van der Waals surface area contributed by atoms with E-state index in [-0.39, 0.29) is 18.7 Å². The number of piperidine rings is 1. The zero-order chi connectivity index (χ0) is 26.5. The Bertz CT molecular complexity index is 1250. The van der Waals surface area contributed by atoms with E-state index in [0.29, 0.717) is 24.3 Å². The lowest BCUT2D eigenvalue weighted by Gasteiger charge is -2.47. The van der Waals surface area contributed by atoms with Gasteiger partial charge in [-0.15, -0.1) is 0 Å². The first-order chi connectivity index (χ1) is 17.5. The molecule has 196 valence electrons. The van der Waals surface area contributed by atoms with Gasteiger partial charge >= 0.3 is 0 Å². The van der Waals surface area contributed by atoms with Crippen molar-refractivity contribution in [3.05, 3.63) is 82.6 Å². The number of rotatable bonds is 5. The number of carbonyl (C=O) groups is 1. The summed E-state index contributed by atoms with van der Waals surface area (Å²) in [5, 5.41) is 13.8. The number of aliphatic hydroxyl groups excluding tert-OH is 1. The van der Waals surface area contributed by atoms with Gasteiger partial charge in [0.2, 0.25) is 0 Å². The molecule has 0 radical (unpaired) electrons. The number of carbonyl (C=O) groups excluding carboxylic acids is 1. The number of alkyl halides is 1. The van der Waals surface area contributed by atoms with E-state index < -0.39 is 53.2 Å². The third-order valence-corrected chi connectivity index (χ3v) is 7.65. The van der Waals surface area contributed by atoms with Crippen LogP contribution in [0.25, 0.3) is 0 Å². The Morgan fingerprint density at radius 2 is 1.89 bits per heavy atom. The van der Waals surface area contributed by atoms with E-state index in [0.717, 1.165) is 29.3 Å². The lowest BCUT2D eigenvalue weighted by Crippen LogP contribution is -2.63. The van der Waals surface area contributed by atoms with Gasteiger partial charge in [-0.3, -0.25) is 9.79 Å². The predicted octanol–water partition coefficient (Wildman–Crippen LogP) is 4.20. The molecule has 2 N–H and O–H groups in total. The van der Waals surface area contributed by atoms with E-state index in [2.05, 4.69) is 5.32 Å². The highest BCUT2D eigenvalue weighted by molar-refractivity contribution is 6.04. The zero-order valence-corrected chi connectivity index (χ0v) is 21.2. The number of aliphatic hydroxyl groups is 1. The Morgan fingerprint density at radius 1 is 1.16 bits per heavy atom. The molecule has 2 aromatic rings. The van der Waals surface area contributed by atoms with Gasteiger partial charge in [0.25, 0.3) is 5.91 Å². The normalized spacial score (nSPS) is 26.9. The quantitative estimate of drug-likeness (QED) is 0.633. The maximum absolute atomic E-state index is 14.8. The Labute approximate surface area is 215 Å². The third-order valence-electron chi connectivity index (χ3n) is 7.65. The van der Waals surface area contributed by atoms with Crippen molar-refractivity contribution in [2.45, 2.75) is 58.0 Å². The van der Waals surface area contributed by atoms with Gasteiger partial charge in [-0.2, -0.15) is 0 Å². The number of halogens is 3. The first-order valence-corrected chi connectivity index (χ1v) is 12.7. The number of nitrogens with zero attached hydrogens (tertiary/aromatic N) is 2. The average molecular weight is 512 g/mol. The number of allylic oxidation sites excluding steroid dienone is 1. The maximum atomic E-state index is 14.8. The molecule has 37 heavy (non-hydrogen) atoms. The molecule has 2 saturated heterocycles. The smallest absolute Gasteiger partial charge is 0.253 e. The van der Waals surface area contributed by atoms with Gasteiger partial charge < -0.3 is 15.3 Å². The van der Waals surface area contributed by atoms with Crippen LogP contribution < -0.4 is 5.32 Å². The van der Waals surface area contributed by atoms with Crippen molar-refractivity contribution in [1.29, 1.82) is 0 Å². The SMILES string of the molecule is CC(C)(C)[C@H](C1=C(Cc2ccccc2)CC(c2cc(F)ccc2F)=N1)N1C[C@@H]2C(NC[C@@H]2F)[C@H](O)C1=O. The number of likely N-dealkylation sites (tertiary alicyclic amines) is 1. The second kappa shape index (κ2) is 9.72. The summed E-state index contributed by atoms with van der Waals surface area (Å²) in [5.74, 6) is -2.15. The van der Waals surface area contributed by atoms with Crippen LogP contribution in [0.5, 0.6) is 0 Å². The molecule has 0 spiro atoms. The van der Waals surface area contributed by atoms with Gasteiger partial charge in [0.05, 0.1) is 17.5 Å². The summed E-state index contributed by atoms with van der Waals surface area (Å²) in [6, 6.07) is 11.8. The van der Waals surface area contributed by atoms with Gasteiger partial charge in [0, 0.05) is 37.0 Å². The number of fused-ring (bicyclic) bond motifs is 1. The summed E-state index contributed by atoms with van der Waals surface area (Å²) in [5.41, 5.74) is 2.43. The third kappa shape index (κ3) is 4.84. The van der Waals surface area contributed by atoms with Gasteiger partial charge in [-0.05, 0) is 41.2 Å². The van der Waals surface area contributed by atoms with Crippen molar-refractivity contribution >= 4 is 11.6 Å². The second-order valence-corrected chi connectivity index (χ2v) is 11.3.